The second kappa shape index (κ2) is 5.44. The standard InChI is InChI=1S/C9H9N3O4/c1-16-12-8(9(14)15)6-3-2-4-7(11-6)10-5-13/h2-5H,1H3,(H,14,15)(H,10,11,13). The Morgan fingerprint density at radius 1 is 1.62 bits per heavy atom. The lowest BCUT2D eigenvalue weighted by Crippen LogP contribution is -2.17. The third kappa shape index (κ3) is 2.77. The van der Waals surface area contributed by atoms with Gasteiger partial charge in [-0.1, -0.05) is 11.2 Å². The van der Waals surface area contributed by atoms with Crippen LogP contribution in [0.25, 0.3) is 0 Å². The summed E-state index contributed by atoms with van der Waals surface area (Å²) in [4.78, 5) is 29.3. The van der Waals surface area contributed by atoms with Gasteiger partial charge in [-0.3, -0.25) is 4.79 Å². The number of nitrogens with zero attached hydrogens (tertiary/aromatic N) is 2. The molecule has 0 bridgehead atoms. The monoisotopic (exact) mass is 223 g/mol. The Labute approximate surface area is 90.7 Å². The number of carboxylic acid groups (broad SMARTS) is 1. The fraction of sp³-hybridized carbons (Fsp3) is 0.111. The predicted octanol–water partition coefficient (Wildman–Crippen LogP) is 0.0850. The Kier molecular flexibility index (Phi) is 3.96. The number of nitrogens with one attached hydrogen (secondary N) is 1. The summed E-state index contributed by atoms with van der Waals surface area (Å²) in [5, 5.41) is 14.5. The van der Waals surface area contributed by atoms with Crippen molar-refractivity contribution in [3.05, 3.63) is 23.9 Å². The van der Waals surface area contributed by atoms with Crippen molar-refractivity contribution in [2.24, 2.45) is 5.16 Å². The average molecular weight is 223 g/mol. The summed E-state index contributed by atoms with van der Waals surface area (Å²) in [6.45, 7) is 0. The summed E-state index contributed by atoms with van der Waals surface area (Å²) in [6, 6.07) is 4.51. The van der Waals surface area contributed by atoms with Crippen LogP contribution in [-0.2, 0) is 14.4 Å². The summed E-state index contributed by atoms with van der Waals surface area (Å²) in [5.74, 6) is -1.03. The summed E-state index contributed by atoms with van der Waals surface area (Å²) in [5.41, 5.74) is -0.238. The lowest BCUT2D eigenvalue weighted by molar-refractivity contribution is -0.129. The van der Waals surface area contributed by atoms with Crippen LogP contribution in [0.3, 0.4) is 0 Å². The van der Waals surface area contributed by atoms with Crippen LogP contribution in [0.15, 0.2) is 23.4 Å². The normalized spacial score (nSPS) is 10.7. The van der Waals surface area contributed by atoms with Gasteiger partial charge in [-0.05, 0) is 12.1 Å². The van der Waals surface area contributed by atoms with Crippen molar-refractivity contribution in [3.63, 3.8) is 0 Å². The van der Waals surface area contributed by atoms with Gasteiger partial charge < -0.3 is 15.3 Å². The highest BCUT2D eigenvalue weighted by molar-refractivity contribution is 6.41. The fourth-order valence-corrected chi connectivity index (χ4v) is 0.994. The number of oxime groups is 1. The molecular weight excluding hydrogens is 214 g/mol. The van der Waals surface area contributed by atoms with Crippen molar-refractivity contribution in [2.75, 3.05) is 12.4 Å². The summed E-state index contributed by atoms with van der Waals surface area (Å²) >= 11 is 0. The van der Waals surface area contributed by atoms with E-state index in [1.165, 1.54) is 19.2 Å². The van der Waals surface area contributed by atoms with E-state index in [2.05, 4.69) is 20.3 Å². The number of hydrogen-bond acceptors (Lipinski definition) is 5. The molecule has 2 N–H and O–H groups in total. The Morgan fingerprint density at radius 3 is 2.94 bits per heavy atom. The molecular formula is C9H9N3O4. The van der Waals surface area contributed by atoms with Gasteiger partial charge in [0.25, 0.3) is 0 Å². The Bertz CT molecular complexity index is 431. The van der Waals surface area contributed by atoms with E-state index in [1.807, 2.05) is 0 Å². The highest BCUT2D eigenvalue weighted by Gasteiger charge is 2.15. The van der Waals surface area contributed by atoms with Gasteiger partial charge >= 0.3 is 5.97 Å². The number of pyridine rings is 1. The number of amides is 1. The molecule has 0 fully saturated rings. The molecule has 7 nitrogen and oxygen atoms in total. The SMILES string of the molecule is CON=C(C(=O)O)c1cccc(NC=O)n1. The zero-order chi connectivity index (χ0) is 12.0. The molecule has 0 unspecified atom stereocenters. The van der Waals surface area contributed by atoms with Crippen molar-refractivity contribution >= 4 is 23.9 Å². The summed E-state index contributed by atoms with van der Waals surface area (Å²) < 4.78 is 0. The van der Waals surface area contributed by atoms with E-state index in [0.717, 1.165) is 0 Å². The molecule has 1 aromatic rings. The molecule has 1 amide bonds. The zero-order valence-corrected chi connectivity index (χ0v) is 8.38. The number of carbonyl (C=O) groups excluding carboxylic acids is 1. The molecule has 0 aliphatic carbocycles. The smallest absolute Gasteiger partial charge is 0.360 e. The van der Waals surface area contributed by atoms with E-state index in [1.54, 1.807) is 6.07 Å². The quantitative estimate of drug-likeness (QED) is 0.418. The van der Waals surface area contributed by atoms with Crippen LogP contribution in [0.5, 0.6) is 0 Å². The van der Waals surface area contributed by atoms with Crippen molar-refractivity contribution < 1.29 is 19.5 Å². The molecule has 0 spiro atoms. The number of carboxylic acids is 1. The molecule has 0 aliphatic heterocycles. The van der Waals surface area contributed by atoms with E-state index in [9.17, 15) is 9.59 Å². The van der Waals surface area contributed by atoms with Crippen molar-refractivity contribution in [1.29, 1.82) is 0 Å². The zero-order valence-electron chi connectivity index (χ0n) is 8.38. The highest BCUT2D eigenvalue weighted by atomic mass is 16.6. The molecule has 1 rings (SSSR count). The van der Waals surface area contributed by atoms with Crippen LogP contribution >= 0.6 is 0 Å². The first-order valence-electron chi connectivity index (χ1n) is 4.21. The fourth-order valence-electron chi connectivity index (χ4n) is 0.994. The third-order valence-electron chi connectivity index (χ3n) is 1.58. The minimum Gasteiger partial charge on any atom is -0.476 e. The van der Waals surface area contributed by atoms with E-state index in [0.29, 0.717) is 6.41 Å². The molecule has 16 heavy (non-hydrogen) atoms. The van der Waals surface area contributed by atoms with Crippen molar-refractivity contribution in [2.45, 2.75) is 0 Å². The molecule has 0 aromatic carbocycles. The van der Waals surface area contributed by atoms with E-state index in [-0.39, 0.29) is 17.2 Å². The van der Waals surface area contributed by atoms with E-state index in [4.69, 9.17) is 5.11 Å². The van der Waals surface area contributed by atoms with Gasteiger partial charge in [-0.25, -0.2) is 9.78 Å². The lowest BCUT2D eigenvalue weighted by Gasteiger charge is -2.02. The van der Waals surface area contributed by atoms with Crippen LogP contribution in [0.2, 0.25) is 0 Å². The first kappa shape index (κ1) is 11.6. The molecule has 0 atom stereocenters. The molecule has 0 aliphatic rings. The maximum absolute atomic E-state index is 10.8. The lowest BCUT2D eigenvalue weighted by atomic mass is 10.2. The molecule has 0 saturated carbocycles. The molecule has 0 saturated heterocycles. The molecule has 84 valence electrons. The molecule has 1 aromatic heterocycles. The number of carbonyl (C=O) groups is 2. The van der Waals surface area contributed by atoms with Crippen molar-refractivity contribution in [3.8, 4) is 0 Å². The van der Waals surface area contributed by atoms with Gasteiger partial charge in [0.05, 0.1) is 0 Å². The van der Waals surface area contributed by atoms with Crippen LogP contribution in [-0.4, -0.2) is 35.3 Å². The first-order valence-corrected chi connectivity index (χ1v) is 4.21. The number of aromatic nitrogens is 1. The van der Waals surface area contributed by atoms with Crippen LogP contribution in [0, 0.1) is 0 Å². The van der Waals surface area contributed by atoms with Gasteiger partial charge in [-0.2, -0.15) is 0 Å². The highest BCUT2D eigenvalue weighted by Crippen LogP contribution is 2.05. The van der Waals surface area contributed by atoms with Gasteiger partial charge in [0.1, 0.15) is 18.6 Å². The van der Waals surface area contributed by atoms with E-state index < -0.39 is 5.97 Å². The van der Waals surface area contributed by atoms with Crippen molar-refractivity contribution in [1.82, 2.24) is 4.98 Å². The van der Waals surface area contributed by atoms with Gasteiger partial charge in [0.15, 0.2) is 0 Å². The number of anilines is 1. The number of rotatable bonds is 5. The summed E-state index contributed by atoms with van der Waals surface area (Å²) in [7, 11) is 1.23. The third-order valence-corrected chi connectivity index (χ3v) is 1.58. The minimum absolute atomic E-state index is 0.0983. The van der Waals surface area contributed by atoms with Crippen LogP contribution in [0.4, 0.5) is 5.82 Å². The van der Waals surface area contributed by atoms with Gasteiger partial charge in [-0.15, -0.1) is 0 Å². The Morgan fingerprint density at radius 2 is 2.38 bits per heavy atom. The topological polar surface area (TPSA) is 101 Å². The minimum atomic E-state index is -1.27. The van der Waals surface area contributed by atoms with Gasteiger partial charge in [0.2, 0.25) is 12.1 Å². The second-order valence-electron chi connectivity index (χ2n) is 2.60. The van der Waals surface area contributed by atoms with E-state index >= 15 is 0 Å². The van der Waals surface area contributed by atoms with Crippen LogP contribution < -0.4 is 5.32 Å². The summed E-state index contributed by atoms with van der Waals surface area (Å²) in [6.07, 6.45) is 0.444. The second-order valence-corrected chi connectivity index (χ2v) is 2.60. The van der Waals surface area contributed by atoms with Crippen LogP contribution in [0.1, 0.15) is 5.69 Å². The average Bonchev–Trinajstić information content (AvgIpc) is 2.26. The number of hydrogen-bond donors (Lipinski definition) is 2. The molecule has 0 radical (unpaired) electrons. The first-order chi connectivity index (χ1) is 7.69. The molecule has 1 heterocycles. The predicted molar refractivity (Wildman–Crippen MR) is 55.1 cm³/mol. The maximum atomic E-state index is 10.8. The Balaban J connectivity index is 3.10. The van der Waals surface area contributed by atoms with Gasteiger partial charge in [0, 0.05) is 0 Å². The largest absolute Gasteiger partial charge is 0.476 e. The molecule has 7 heteroatoms. The number of aliphatic carboxylic acids is 1. The maximum Gasteiger partial charge on any atom is 0.360 e. The Hall–Kier alpha value is -2.44.